The van der Waals surface area contributed by atoms with Crippen molar-refractivity contribution in [3.05, 3.63) is 35.6 Å². The highest BCUT2D eigenvalue weighted by molar-refractivity contribution is 5.67. The fourth-order valence-corrected chi connectivity index (χ4v) is 0.968. The minimum absolute atomic E-state index is 0.121. The van der Waals surface area contributed by atoms with Crippen molar-refractivity contribution in [3.63, 3.8) is 0 Å². The van der Waals surface area contributed by atoms with Crippen LogP contribution in [0.2, 0.25) is 0 Å². The van der Waals surface area contributed by atoms with Gasteiger partial charge in [-0.3, -0.25) is 0 Å². The van der Waals surface area contributed by atoms with Gasteiger partial charge in [-0.05, 0) is 6.07 Å². The molecule has 2 N–H and O–H groups in total. The van der Waals surface area contributed by atoms with E-state index in [0.29, 0.717) is 5.56 Å². The standard InChI is InChI=1S/C10H12FNO3/c11-9-4-2-1-3-8(9)7-15-10(14)12-5-6-13/h1-4,13H,5-7H2,(H,12,14). The molecule has 0 heterocycles. The van der Waals surface area contributed by atoms with Gasteiger partial charge in [0, 0.05) is 12.1 Å². The summed E-state index contributed by atoms with van der Waals surface area (Å²) in [5, 5.41) is 10.7. The van der Waals surface area contributed by atoms with E-state index in [2.05, 4.69) is 5.32 Å². The maximum Gasteiger partial charge on any atom is 0.407 e. The van der Waals surface area contributed by atoms with Crippen LogP contribution in [-0.2, 0) is 11.3 Å². The Morgan fingerprint density at radius 3 is 2.87 bits per heavy atom. The van der Waals surface area contributed by atoms with Crippen LogP contribution in [0.5, 0.6) is 0 Å². The normalized spacial score (nSPS) is 9.73. The molecule has 1 aromatic carbocycles. The third-order valence-corrected chi connectivity index (χ3v) is 1.70. The second kappa shape index (κ2) is 5.98. The summed E-state index contributed by atoms with van der Waals surface area (Å²) < 4.78 is 17.8. The van der Waals surface area contributed by atoms with Gasteiger partial charge in [0.05, 0.1) is 6.61 Å². The van der Waals surface area contributed by atoms with Gasteiger partial charge >= 0.3 is 6.09 Å². The molecule has 82 valence electrons. The predicted octanol–water partition coefficient (Wildman–Crippen LogP) is 1.04. The molecule has 0 fully saturated rings. The lowest BCUT2D eigenvalue weighted by Crippen LogP contribution is -2.27. The topological polar surface area (TPSA) is 58.6 Å². The number of carbonyl (C=O) groups is 1. The molecule has 0 saturated heterocycles. The zero-order chi connectivity index (χ0) is 11.1. The lowest BCUT2D eigenvalue weighted by atomic mass is 10.2. The second-order valence-corrected chi connectivity index (χ2v) is 2.82. The molecule has 0 saturated carbocycles. The first kappa shape index (κ1) is 11.5. The summed E-state index contributed by atoms with van der Waals surface area (Å²) in [5.41, 5.74) is 0.316. The number of nitrogens with one attached hydrogen (secondary N) is 1. The number of hydrogen-bond acceptors (Lipinski definition) is 3. The number of aliphatic hydroxyl groups excluding tert-OH is 1. The van der Waals surface area contributed by atoms with E-state index in [1.165, 1.54) is 12.1 Å². The number of aliphatic hydroxyl groups is 1. The van der Waals surface area contributed by atoms with Gasteiger partial charge in [0.25, 0.3) is 0 Å². The Hall–Kier alpha value is -1.62. The Bertz CT molecular complexity index is 330. The Morgan fingerprint density at radius 2 is 2.20 bits per heavy atom. The van der Waals surface area contributed by atoms with Crippen molar-refractivity contribution in [1.82, 2.24) is 5.32 Å². The Balaban J connectivity index is 2.37. The third kappa shape index (κ3) is 3.95. The number of halogens is 1. The number of amides is 1. The molecule has 0 atom stereocenters. The third-order valence-electron chi connectivity index (χ3n) is 1.70. The van der Waals surface area contributed by atoms with Crippen LogP contribution in [0.25, 0.3) is 0 Å². The highest BCUT2D eigenvalue weighted by Crippen LogP contribution is 2.07. The molecular weight excluding hydrogens is 201 g/mol. The number of benzene rings is 1. The van der Waals surface area contributed by atoms with Crippen LogP contribution in [0.3, 0.4) is 0 Å². The smallest absolute Gasteiger partial charge is 0.407 e. The number of ether oxygens (including phenoxy) is 1. The van der Waals surface area contributed by atoms with E-state index in [1.54, 1.807) is 12.1 Å². The first-order chi connectivity index (χ1) is 7.24. The van der Waals surface area contributed by atoms with Gasteiger partial charge in [0.2, 0.25) is 0 Å². The Labute approximate surface area is 86.7 Å². The van der Waals surface area contributed by atoms with E-state index in [9.17, 15) is 9.18 Å². The summed E-state index contributed by atoms with van der Waals surface area (Å²) in [6, 6.07) is 6.05. The number of rotatable bonds is 4. The summed E-state index contributed by atoms with van der Waals surface area (Å²) in [7, 11) is 0. The van der Waals surface area contributed by atoms with Crippen LogP contribution >= 0.6 is 0 Å². The van der Waals surface area contributed by atoms with Crippen molar-refractivity contribution in [2.75, 3.05) is 13.2 Å². The molecule has 1 amide bonds. The molecule has 0 aliphatic rings. The maximum atomic E-state index is 13.0. The van der Waals surface area contributed by atoms with Gasteiger partial charge in [-0.15, -0.1) is 0 Å². The molecule has 4 nitrogen and oxygen atoms in total. The van der Waals surface area contributed by atoms with Crippen molar-refractivity contribution in [3.8, 4) is 0 Å². The number of hydrogen-bond donors (Lipinski definition) is 2. The van der Waals surface area contributed by atoms with Crippen molar-refractivity contribution in [1.29, 1.82) is 0 Å². The molecule has 0 unspecified atom stereocenters. The van der Waals surface area contributed by atoms with Crippen molar-refractivity contribution >= 4 is 6.09 Å². The molecule has 15 heavy (non-hydrogen) atoms. The number of carbonyl (C=O) groups excluding carboxylic acids is 1. The molecule has 1 aromatic rings. The molecular formula is C10H12FNO3. The van der Waals surface area contributed by atoms with Crippen LogP contribution in [0.1, 0.15) is 5.56 Å². The molecule has 1 rings (SSSR count). The van der Waals surface area contributed by atoms with E-state index in [4.69, 9.17) is 9.84 Å². The summed E-state index contributed by atoms with van der Waals surface area (Å²) in [5.74, 6) is -0.410. The summed E-state index contributed by atoms with van der Waals surface area (Å²) >= 11 is 0. The molecule has 0 aromatic heterocycles. The van der Waals surface area contributed by atoms with Gasteiger partial charge in [-0.1, -0.05) is 18.2 Å². The molecule has 0 aliphatic heterocycles. The summed E-state index contributed by atoms with van der Waals surface area (Å²) in [6.07, 6.45) is -0.674. The Morgan fingerprint density at radius 1 is 1.47 bits per heavy atom. The molecule has 0 spiro atoms. The first-order valence-electron chi connectivity index (χ1n) is 4.49. The lowest BCUT2D eigenvalue weighted by molar-refractivity contribution is 0.136. The molecule has 5 heteroatoms. The van der Waals surface area contributed by atoms with Crippen molar-refractivity contribution in [2.45, 2.75) is 6.61 Å². The van der Waals surface area contributed by atoms with Gasteiger partial charge in [-0.25, -0.2) is 9.18 Å². The fraction of sp³-hybridized carbons (Fsp3) is 0.300. The number of alkyl carbamates (subject to hydrolysis) is 1. The van der Waals surface area contributed by atoms with E-state index < -0.39 is 11.9 Å². The van der Waals surface area contributed by atoms with Gasteiger partial charge < -0.3 is 15.2 Å². The first-order valence-corrected chi connectivity index (χ1v) is 4.49. The quantitative estimate of drug-likeness (QED) is 0.785. The molecule has 0 bridgehead atoms. The molecule has 0 radical (unpaired) electrons. The van der Waals surface area contributed by atoms with Crippen molar-refractivity contribution in [2.24, 2.45) is 0 Å². The predicted molar refractivity (Wildman–Crippen MR) is 51.7 cm³/mol. The molecule has 0 aliphatic carbocycles. The maximum absolute atomic E-state index is 13.0. The van der Waals surface area contributed by atoms with Crippen LogP contribution in [0, 0.1) is 5.82 Å². The van der Waals surface area contributed by atoms with Crippen molar-refractivity contribution < 1.29 is 19.0 Å². The zero-order valence-electron chi connectivity index (χ0n) is 8.07. The van der Waals surface area contributed by atoms with Gasteiger partial charge in [0.1, 0.15) is 12.4 Å². The van der Waals surface area contributed by atoms with Crippen LogP contribution in [0.15, 0.2) is 24.3 Å². The van der Waals surface area contributed by atoms with Crippen LogP contribution in [-0.4, -0.2) is 24.4 Å². The minimum Gasteiger partial charge on any atom is -0.445 e. The second-order valence-electron chi connectivity index (χ2n) is 2.82. The van der Waals surface area contributed by atoms with E-state index in [0.717, 1.165) is 0 Å². The zero-order valence-corrected chi connectivity index (χ0v) is 8.07. The van der Waals surface area contributed by atoms with Crippen LogP contribution < -0.4 is 5.32 Å². The van der Waals surface area contributed by atoms with E-state index in [-0.39, 0.29) is 19.8 Å². The lowest BCUT2D eigenvalue weighted by Gasteiger charge is -2.06. The average Bonchev–Trinajstić information content (AvgIpc) is 2.25. The van der Waals surface area contributed by atoms with Crippen LogP contribution in [0.4, 0.5) is 9.18 Å². The minimum atomic E-state index is -0.674. The van der Waals surface area contributed by atoms with Gasteiger partial charge in [0.15, 0.2) is 0 Å². The largest absolute Gasteiger partial charge is 0.445 e. The summed E-state index contributed by atoms with van der Waals surface area (Å²) in [6.45, 7) is -0.158. The van der Waals surface area contributed by atoms with Gasteiger partial charge in [-0.2, -0.15) is 0 Å². The highest BCUT2D eigenvalue weighted by Gasteiger charge is 2.04. The monoisotopic (exact) mass is 213 g/mol. The summed E-state index contributed by atoms with van der Waals surface area (Å²) in [4.78, 5) is 10.9. The van der Waals surface area contributed by atoms with E-state index >= 15 is 0 Å². The SMILES string of the molecule is O=C(NCCO)OCc1ccccc1F. The van der Waals surface area contributed by atoms with E-state index in [1.807, 2.05) is 0 Å². The highest BCUT2D eigenvalue weighted by atomic mass is 19.1. The Kier molecular flexibility index (Phi) is 4.56. The fourth-order valence-electron chi connectivity index (χ4n) is 0.968. The average molecular weight is 213 g/mol.